The Morgan fingerprint density at radius 3 is 2.30 bits per heavy atom. The van der Waals surface area contributed by atoms with E-state index in [1.165, 1.54) is 31.6 Å². The van der Waals surface area contributed by atoms with Crippen molar-refractivity contribution in [2.75, 3.05) is 7.05 Å². The third kappa shape index (κ3) is 2.42. The summed E-state index contributed by atoms with van der Waals surface area (Å²) in [6, 6.07) is 9.52. The van der Waals surface area contributed by atoms with Gasteiger partial charge >= 0.3 is 5.70 Å². The average molecular weight is 363 g/mol. The van der Waals surface area contributed by atoms with Crippen molar-refractivity contribution in [2.45, 2.75) is 5.92 Å². The molecular formula is C19H13N3O5. The van der Waals surface area contributed by atoms with E-state index in [0.717, 1.165) is 0 Å². The molecule has 0 spiro atoms. The number of ether oxygens (including phenoxy) is 1. The molecule has 0 saturated carbocycles. The molecule has 1 aliphatic heterocycles. The van der Waals surface area contributed by atoms with Crippen LogP contribution in [0.4, 0.5) is 0 Å². The molecule has 0 radical (unpaired) electrons. The number of fused-ring (bicyclic) bond motifs is 1. The highest BCUT2D eigenvalue weighted by Gasteiger charge is 2.48. The van der Waals surface area contributed by atoms with E-state index in [-0.39, 0.29) is 34.0 Å². The average Bonchev–Trinajstić information content (AvgIpc) is 2.71. The van der Waals surface area contributed by atoms with Gasteiger partial charge in [0.2, 0.25) is 5.78 Å². The van der Waals surface area contributed by atoms with Gasteiger partial charge in [-0.05, 0) is 17.7 Å². The molecular weight excluding hydrogens is 350 g/mol. The first-order chi connectivity index (χ1) is 13.0. The zero-order valence-electron chi connectivity index (χ0n) is 14.1. The van der Waals surface area contributed by atoms with Crippen LogP contribution in [0.2, 0.25) is 0 Å². The van der Waals surface area contributed by atoms with E-state index in [1.807, 2.05) is 0 Å². The second-order valence-corrected chi connectivity index (χ2v) is 5.98. The molecule has 0 fully saturated rings. The summed E-state index contributed by atoms with van der Waals surface area (Å²) in [7, 11) is 1.46. The van der Waals surface area contributed by atoms with Gasteiger partial charge in [0, 0.05) is 30.6 Å². The van der Waals surface area contributed by atoms with E-state index in [9.17, 15) is 19.7 Å². The molecule has 1 aliphatic carbocycles. The van der Waals surface area contributed by atoms with Gasteiger partial charge in [0.05, 0.1) is 10.5 Å². The first-order valence-corrected chi connectivity index (χ1v) is 8.11. The molecule has 134 valence electrons. The smallest absolute Gasteiger partial charge is 0.317 e. The summed E-state index contributed by atoms with van der Waals surface area (Å²) < 4.78 is 5.53. The number of rotatable bonds is 3. The van der Waals surface area contributed by atoms with E-state index in [1.54, 1.807) is 24.3 Å². The highest BCUT2D eigenvalue weighted by molar-refractivity contribution is 6.27. The first-order valence-electron chi connectivity index (χ1n) is 8.11. The molecule has 2 aromatic rings. The Labute approximate surface area is 153 Å². The van der Waals surface area contributed by atoms with Crippen molar-refractivity contribution in [3.63, 3.8) is 0 Å². The largest absolute Gasteiger partial charge is 0.431 e. The molecule has 1 aromatic carbocycles. The molecule has 1 aromatic heterocycles. The number of aromatic nitrogens is 1. The van der Waals surface area contributed by atoms with Crippen LogP contribution in [0.3, 0.4) is 0 Å². The van der Waals surface area contributed by atoms with Crippen LogP contribution in [-0.4, -0.2) is 28.5 Å². The number of hydrogen-bond donors (Lipinski definition) is 1. The molecule has 27 heavy (non-hydrogen) atoms. The number of ketones is 2. The van der Waals surface area contributed by atoms with Gasteiger partial charge in [0.25, 0.3) is 5.88 Å². The fourth-order valence-corrected chi connectivity index (χ4v) is 3.41. The van der Waals surface area contributed by atoms with Crippen molar-refractivity contribution >= 4 is 11.6 Å². The van der Waals surface area contributed by atoms with Crippen molar-refractivity contribution in [3.8, 4) is 0 Å². The predicted octanol–water partition coefficient (Wildman–Crippen LogP) is 2.19. The van der Waals surface area contributed by atoms with Crippen LogP contribution in [-0.2, 0) is 4.74 Å². The number of nitrogens with one attached hydrogen (secondary N) is 1. The Morgan fingerprint density at radius 2 is 1.70 bits per heavy atom. The topological polar surface area (TPSA) is 111 Å². The quantitative estimate of drug-likeness (QED) is 0.657. The van der Waals surface area contributed by atoms with Crippen molar-refractivity contribution in [1.82, 2.24) is 10.3 Å². The number of Topliss-reactive ketones (excluding diaryl/α,β-unsaturated/α-hetero) is 2. The van der Waals surface area contributed by atoms with E-state index in [4.69, 9.17) is 4.74 Å². The van der Waals surface area contributed by atoms with Crippen LogP contribution >= 0.6 is 0 Å². The highest BCUT2D eigenvalue weighted by atomic mass is 16.6. The molecule has 1 atom stereocenters. The fourth-order valence-electron chi connectivity index (χ4n) is 3.41. The minimum absolute atomic E-state index is 0.0319. The van der Waals surface area contributed by atoms with Gasteiger partial charge in [-0.1, -0.05) is 24.3 Å². The van der Waals surface area contributed by atoms with Gasteiger partial charge in [0.15, 0.2) is 11.5 Å². The molecule has 0 amide bonds. The number of benzene rings is 1. The minimum atomic E-state index is -1.06. The number of carbonyl (C=O) groups is 2. The maximum absolute atomic E-state index is 13.2. The Kier molecular flexibility index (Phi) is 3.80. The minimum Gasteiger partial charge on any atom is -0.431 e. The number of allylic oxidation sites excluding steroid dienone is 2. The third-order valence-corrected chi connectivity index (χ3v) is 4.57. The Hall–Kier alpha value is -3.81. The lowest BCUT2D eigenvalue weighted by molar-refractivity contribution is -0.433. The predicted molar refractivity (Wildman–Crippen MR) is 93.3 cm³/mol. The van der Waals surface area contributed by atoms with Gasteiger partial charge in [-0.25, -0.2) is 0 Å². The van der Waals surface area contributed by atoms with E-state index in [0.29, 0.717) is 5.56 Å². The Bertz CT molecular complexity index is 1060. The number of nitro groups is 1. The second kappa shape index (κ2) is 6.17. The van der Waals surface area contributed by atoms with Gasteiger partial charge in [-0.3, -0.25) is 24.7 Å². The van der Waals surface area contributed by atoms with Gasteiger partial charge in [0.1, 0.15) is 5.92 Å². The lowest BCUT2D eigenvalue weighted by Crippen LogP contribution is -2.35. The lowest BCUT2D eigenvalue weighted by Gasteiger charge is -2.30. The highest BCUT2D eigenvalue weighted by Crippen LogP contribution is 2.44. The number of carbonyl (C=O) groups excluding carboxylic acids is 2. The molecule has 8 heteroatoms. The van der Waals surface area contributed by atoms with Crippen LogP contribution in [0.1, 0.15) is 32.2 Å². The van der Waals surface area contributed by atoms with Crippen molar-refractivity contribution in [3.05, 3.63) is 98.5 Å². The second-order valence-electron chi connectivity index (χ2n) is 5.98. The molecule has 0 saturated heterocycles. The van der Waals surface area contributed by atoms with Gasteiger partial charge in [-0.15, -0.1) is 0 Å². The third-order valence-electron chi connectivity index (χ3n) is 4.57. The molecule has 2 aliphatic rings. The van der Waals surface area contributed by atoms with Crippen LogP contribution in [0.25, 0.3) is 0 Å². The summed E-state index contributed by atoms with van der Waals surface area (Å²) in [6.45, 7) is 0. The molecule has 0 bridgehead atoms. The Morgan fingerprint density at radius 1 is 1.07 bits per heavy atom. The maximum atomic E-state index is 13.2. The SMILES string of the molecule is CNC1=C([N+](=O)[O-])C(c2ccncc2)C2=C(O1)C(=O)c1ccccc1C2=O. The molecule has 1 N–H and O–H groups in total. The summed E-state index contributed by atoms with van der Waals surface area (Å²) in [5.74, 6) is -2.35. The summed E-state index contributed by atoms with van der Waals surface area (Å²) in [5.41, 5.74) is 0.536. The van der Waals surface area contributed by atoms with Crippen molar-refractivity contribution in [1.29, 1.82) is 0 Å². The van der Waals surface area contributed by atoms with Crippen molar-refractivity contribution < 1.29 is 19.2 Å². The monoisotopic (exact) mass is 363 g/mol. The Balaban J connectivity index is 2.00. The number of nitrogens with zero attached hydrogens (tertiary/aromatic N) is 2. The molecule has 8 nitrogen and oxygen atoms in total. The first kappa shape index (κ1) is 16.6. The molecule has 4 rings (SSSR count). The maximum Gasteiger partial charge on any atom is 0.317 e. The zero-order valence-corrected chi connectivity index (χ0v) is 14.1. The van der Waals surface area contributed by atoms with Gasteiger partial charge in [-0.2, -0.15) is 0 Å². The van der Waals surface area contributed by atoms with E-state index in [2.05, 4.69) is 10.3 Å². The summed E-state index contributed by atoms with van der Waals surface area (Å²) in [6.07, 6.45) is 2.95. The lowest BCUT2D eigenvalue weighted by atomic mass is 9.77. The zero-order chi connectivity index (χ0) is 19.1. The van der Waals surface area contributed by atoms with Crippen LogP contribution in [0.15, 0.2) is 71.7 Å². The van der Waals surface area contributed by atoms with E-state index >= 15 is 0 Å². The summed E-state index contributed by atoms with van der Waals surface area (Å²) >= 11 is 0. The summed E-state index contributed by atoms with van der Waals surface area (Å²) in [4.78, 5) is 41.2. The fraction of sp³-hybridized carbons (Fsp3) is 0.105. The standard InChI is InChI=1S/C19H13N3O5/c1-20-19-15(22(25)26)13(10-6-8-21-9-7-10)14-16(23)11-4-2-3-5-12(11)17(24)18(14)27-19/h2-9,13,20H,1H3. The number of pyridine rings is 1. The van der Waals surface area contributed by atoms with Gasteiger partial charge < -0.3 is 10.1 Å². The van der Waals surface area contributed by atoms with Crippen LogP contribution in [0, 0.1) is 10.1 Å². The van der Waals surface area contributed by atoms with E-state index < -0.39 is 22.4 Å². The normalized spacial score (nSPS) is 18.6. The molecule has 2 heterocycles. The van der Waals surface area contributed by atoms with Crippen LogP contribution in [0.5, 0.6) is 0 Å². The number of hydrogen-bond acceptors (Lipinski definition) is 7. The van der Waals surface area contributed by atoms with Crippen molar-refractivity contribution in [2.24, 2.45) is 0 Å². The summed E-state index contributed by atoms with van der Waals surface area (Å²) in [5, 5.41) is 14.4. The van der Waals surface area contributed by atoms with Crippen LogP contribution < -0.4 is 5.32 Å². The molecule has 1 unspecified atom stereocenters.